The van der Waals surface area contributed by atoms with Crippen molar-refractivity contribution >= 4 is 5.91 Å². The van der Waals surface area contributed by atoms with Crippen LogP contribution < -0.4 is 11.5 Å². The summed E-state index contributed by atoms with van der Waals surface area (Å²) in [5.41, 5.74) is 11.1. The van der Waals surface area contributed by atoms with E-state index in [9.17, 15) is 4.79 Å². The molecule has 0 unspecified atom stereocenters. The van der Waals surface area contributed by atoms with E-state index in [-0.39, 0.29) is 5.69 Å². The number of amides is 1. The summed E-state index contributed by atoms with van der Waals surface area (Å²) in [6, 6.07) is 0.616. The van der Waals surface area contributed by atoms with E-state index in [1.54, 1.807) is 10.9 Å². The summed E-state index contributed by atoms with van der Waals surface area (Å²) in [5.74, 6) is -0.534. The molecule has 0 atom stereocenters. The predicted octanol–water partition coefficient (Wildman–Crippen LogP) is -0.181. The summed E-state index contributed by atoms with van der Waals surface area (Å²) in [6.07, 6.45) is 5.59. The van der Waals surface area contributed by atoms with E-state index in [1.165, 1.54) is 0 Å². The molecule has 0 saturated heterocycles. The van der Waals surface area contributed by atoms with Crippen LogP contribution in [0.25, 0.3) is 0 Å². The maximum absolute atomic E-state index is 10.8. The molecule has 0 radical (unpaired) electrons. The van der Waals surface area contributed by atoms with Crippen LogP contribution in [0.3, 0.4) is 0 Å². The Balaban J connectivity index is 2.06. The third kappa shape index (κ3) is 2.15. The van der Waals surface area contributed by atoms with E-state index in [0.29, 0.717) is 12.1 Å². The summed E-state index contributed by atoms with van der Waals surface area (Å²) in [5, 5.41) is 7.63. The summed E-state index contributed by atoms with van der Waals surface area (Å²) in [7, 11) is 0. The third-order valence-electron chi connectivity index (χ3n) is 2.88. The molecule has 1 saturated carbocycles. The van der Waals surface area contributed by atoms with Gasteiger partial charge in [0.05, 0.1) is 12.2 Å². The quantitative estimate of drug-likeness (QED) is 0.705. The number of nitrogens with zero attached hydrogens (tertiary/aromatic N) is 3. The van der Waals surface area contributed by atoms with Gasteiger partial charge in [-0.25, -0.2) is 4.68 Å². The minimum atomic E-state index is -0.534. The number of rotatable bonds is 2. The van der Waals surface area contributed by atoms with Crippen molar-refractivity contribution < 1.29 is 4.79 Å². The fourth-order valence-electron chi connectivity index (χ4n) is 1.93. The van der Waals surface area contributed by atoms with Gasteiger partial charge in [0.2, 0.25) is 0 Å². The van der Waals surface area contributed by atoms with Gasteiger partial charge in [-0.15, -0.1) is 5.10 Å². The number of primary amides is 1. The van der Waals surface area contributed by atoms with Crippen molar-refractivity contribution in [2.75, 3.05) is 0 Å². The van der Waals surface area contributed by atoms with E-state index in [0.717, 1.165) is 25.7 Å². The van der Waals surface area contributed by atoms with Crippen molar-refractivity contribution in [1.82, 2.24) is 15.0 Å². The molecule has 15 heavy (non-hydrogen) atoms. The van der Waals surface area contributed by atoms with Crippen molar-refractivity contribution in [2.45, 2.75) is 37.8 Å². The molecule has 82 valence electrons. The lowest BCUT2D eigenvalue weighted by molar-refractivity contribution is 0.0995. The van der Waals surface area contributed by atoms with Gasteiger partial charge in [0.25, 0.3) is 5.91 Å². The van der Waals surface area contributed by atoms with Crippen LogP contribution in [0.5, 0.6) is 0 Å². The zero-order chi connectivity index (χ0) is 10.8. The highest BCUT2D eigenvalue weighted by Crippen LogP contribution is 2.26. The van der Waals surface area contributed by atoms with Gasteiger partial charge in [-0.05, 0) is 25.7 Å². The highest BCUT2D eigenvalue weighted by atomic mass is 16.1. The van der Waals surface area contributed by atoms with Crippen LogP contribution in [0.4, 0.5) is 0 Å². The molecule has 1 aliphatic rings. The monoisotopic (exact) mass is 209 g/mol. The maximum atomic E-state index is 10.8. The molecule has 2 rings (SSSR count). The minimum absolute atomic E-state index is 0.227. The molecule has 1 aromatic heterocycles. The number of aromatic nitrogens is 3. The van der Waals surface area contributed by atoms with Gasteiger partial charge in [0, 0.05) is 6.04 Å². The standard InChI is InChI=1S/C9H15N5O/c10-6-1-3-7(4-2-6)14-5-8(9(11)15)12-13-14/h5-7H,1-4,10H2,(H2,11,15)/t6-,7-. The van der Waals surface area contributed by atoms with Crippen molar-refractivity contribution in [3.8, 4) is 0 Å². The first kappa shape index (κ1) is 10.1. The maximum Gasteiger partial charge on any atom is 0.270 e. The Labute approximate surface area is 87.6 Å². The van der Waals surface area contributed by atoms with Gasteiger partial charge in [-0.3, -0.25) is 4.79 Å². The highest BCUT2D eigenvalue weighted by molar-refractivity contribution is 5.90. The topological polar surface area (TPSA) is 99.8 Å². The Kier molecular flexibility index (Phi) is 2.68. The molecule has 1 fully saturated rings. The normalized spacial score (nSPS) is 26.5. The molecule has 1 amide bonds. The first-order valence-electron chi connectivity index (χ1n) is 5.14. The van der Waals surface area contributed by atoms with Crippen molar-refractivity contribution in [3.05, 3.63) is 11.9 Å². The van der Waals surface area contributed by atoms with Crippen LogP contribution in [-0.4, -0.2) is 26.9 Å². The second-order valence-electron chi connectivity index (χ2n) is 4.02. The molecule has 0 bridgehead atoms. The van der Waals surface area contributed by atoms with E-state index in [2.05, 4.69) is 10.3 Å². The number of carbonyl (C=O) groups excluding carboxylic acids is 1. The van der Waals surface area contributed by atoms with Crippen LogP contribution >= 0.6 is 0 Å². The summed E-state index contributed by atoms with van der Waals surface area (Å²) in [6.45, 7) is 0. The van der Waals surface area contributed by atoms with Gasteiger partial charge in [-0.2, -0.15) is 0 Å². The largest absolute Gasteiger partial charge is 0.364 e. The molecule has 0 aliphatic heterocycles. The predicted molar refractivity (Wildman–Crippen MR) is 54.0 cm³/mol. The smallest absolute Gasteiger partial charge is 0.270 e. The summed E-state index contributed by atoms with van der Waals surface area (Å²) >= 11 is 0. The van der Waals surface area contributed by atoms with E-state index in [1.807, 2.05) is 0 Å². The Morgan fingerprint density at radius 2 is 2.07 bits per heavy atom. The molecule has 1 aromatic rings. The van der Waals surface area contributed by atoms with Crippen LogP contribution in [0.2, 0.25) is 0 Å². The van der Waals surface area contributed by atoms with Crippen LogP contribution in [0.1, 0.15) is 42.2 Å². The minimum Gasteiger partial charge on any atom is -0.364 e. The molecule has 0 aromatic carbocycles. The van der Waals surface area contributed by atoms with Crippen molar-refractivity contribution in [3.63, 3.8) is 0 Å². The fourth-order valence-corrected chi connectivity index (χ4v) is 1.93. The number of hydrogen-bond donors (Lipinski definition) is 2. The number of carbonyl (C=O) groups is 1. The highest BCUT2D eigenvalue weighted by Gasteiger charge is 2.21. The molecular formula is C9H15N5O. The second kappa shape index (κ2) is 3.98. The lowest BCUT2D eigenvalue weighted by Gasteiger charge is -2.25. The van der Waals surface area contributed by atoms with E-state index < -0.39 is 5.91 Å². The van der Waals surface area contributed by atoms with E-state index >= 15 is 0 Å². The molecular weight excluding hydrogens is 194 g/mol. The van der Waals surface area contributed by atoms with Gasteiger partial charge in [0.1, 0.15) is 0 Å². The van der Waals surface area contributed by atoms with Crippen molar-refractivity contribution in [1.29, 1.82) is 0 Å². The number of nitrogens with two attached hydrogens (primary N) is 2. The second-order valence-corrected chi connectivity index (χ2v) is 4.02. The van der Waals surface area contributed by atoms with E-state index in [4.69, 9.17) is 11.5 Å². The Hall–Kier alpha value is -1.43. The molecule has 1 heterocycles. The first-order chi connectivity index (χ1) is 7.16. The zero-order valence-corrected chi connectivity index (χ0v) is 8.47. The molecule has 4 N–H and O–H groups in total. The van der Waals surface area contributed by atoms with Gasteiger partial charge in [-0.1, -0.05) is 5.21 Å². The average Bonchev–Trinajstić information content (AvgIpc) is 2.68. The fraction of sp³-hybridized carbons (Fsp3) is 0.667. The van der Waals surface area contributed by atoms with Crippen molar-refractivity contribution in [2.24, 2.45) is 11.5 Å². The van der Waals surface area contributed by atoms with Crippen LogP contribution in [-0.2, 0) is 0 Å². The molecule has 6 heteroatoms. The Bertz CT molecular complexity index is 353. The van der Waals surface area contributed by atoms with Crippen LogP contribution in [0, 0.1) is 0 Å². The first-order valence-corrected chi connectivity index (χ1v) is 5.14. The zero-order valence-electron chi connectivity index (χ0n) is 8.47. The van der Waals surface area contributed by atoms with Gasteiger partial charge < -0.3 is 11.5 Å². The van der Waals surface area contributed by atoms with Gasteiger partial charge in [0.15, 0.2) is 5.69 Å². The Morgan fingerprint density at radius 1 is 1.40 bits per heavy atom. The molecule has 1 aliphatic carbocycles. The van der Waals surface area contributed by atoms with Crippen LogP contribution in [0.15, 0.2) is 6.20 Å². The van der Waals surface area contributed by atoms with Gasteiger partial charge >= 0.3 is 0 Å². The third-order valence-corrected chi connectivity index (χ3v) is 2.88. The Morgan fingerprint density at radius 3 is 2.60 bits per heavy atom. The lowest BCUT2D eigenvalue weighted by Crippen LogP contribution is -2.28. The average molecular weight is 209 g/mol. The lowest BCUT2D eigenvalue weighted by atomic mass is 9.92. The summed E-state index contributed by atoms with van der Waals surface area (Å²) in [4.78, 5) is 10.8. The molecule has 0 spiro atoms. The molecule has 6 nitrogen and oxygen atoms in total. The number of hydrogen-bond acceptors (Lipinski definition) is 4. The SMILES string of the molecule is NC(=O)c1cn([C@H]2CC[C@H](N)CC2)nn1. The summed E-state index contributed by atoms with van der Waals surface area (Å²) < 4.78 is 1.73.